The van der Waals surface area contributed by atoms with Gasteiger partial charge in [-0.25, -0.2) is 8.42 Å². The Labute approximate surface area is 111 Å². The fraction of sp³-hybridized carbons (Fsp3) is 0.417. The number of hydrogen-bond acceptors (Lipinski definition) is 3. The molecule has 1 fully saturated rings. The van der Waals surface area contributed by atoms with Crippen LogP contribution < -0.4 is 5.32 Å². The second-order valence-electron chi connectivity index (χ2n) is 4.36. The second kappa shape index (κ2) is 4.90. The number of hydrogen-bond donors (Lipinski definition) is 1. The third-order valence-electron chi connectivity index (χ3n) is 2.89. The van der Waals surface area contributed by atoms with Gasteiger partial charge in [0.2, 0.25) is 0 Å². The summed E-state index contributed by atoms with van der Waals surface area (Å²) in [6.07, 6.45) is 2.52. The van der Waals surface area contributed by atoms with E-state index in [0.29, 0.717) is 17.5 Å². The lowest BCUT2D eigenvalue weighted by Gasteiger charge is -2.08. The molecule has 0 radical (unpaired) electrons. The summed E-state index contributed by atoms with van der Waals surface area (Å²) >= 11 is 0. The predicted octanol–water partition coefficient (Wildman–Crippen LogP) is 2.07. The number of amides is 1. The molecule has 1 aromatic carbocycles. The van der Waals surface area contributed by atoms with Crippen LogP contribution in [0.3, 0.4) is 0 Å². The monoisotopic (exact) mass is 287 g/mol. The molecule has 98 valence electrons. The lowest BCUT2D eigenvalue weighted by Crippen LogP contribution is -2.25. The Balaban J connectivity index is 2.35. The van der Waals surface area contributed by atoms with Crippen molar-refractivity contribution in [3.63, 3.8) is 0 Å². The average Bonchev–Trinajstić information content (AvgIpc) is 3.11. The van der Waals surface area contributed by atoms with Crippen molar-refractivity contribution in [1.29, 1.82) is 0 Å². The summed E-state index contributed by atoms with van der Waals surface area (Å²) in [7, 11) is 1.56. The zero-order valence-electron chi connectivity index (χ0n) is 9.94. The molecule has 0 unspecified atom stereocenters. The smallest absolute Gasteiger partial charge is 0.261 e. The van der Waals surface area contributed by atoms with Crippen LogP contribution in [0.15, 0.2) is 23.1 Å². The standard InChI is InChI=1S/C12H14ClNO3S/c1-2-8-3-4-9(7-11(8)18(13,16)17)12(15)14-10-5-6-10/h3-4,7,10H,2,5-6H2,1H3,(H,14,15). The molecule has 0 aromatic heterocycles. The Morgan fingerprint density at radius 1 is 1.44 bits per heavy atom. The molecule has 1 aliphatic carbocycles. The minimum Gasteiger partial charge on any atom is -0.349 e. The first kappa shape index (κ1) is 13.4. The van der Waals surface area contributed by atoms with E-state index in [1.54, 1.807) is 12.1 Å². The molecule has 1 saturated carbocycles. The van der Waals surface area contributed by atoms with Gasteiger partial charge in [-0.1, -0.05) is 13.0 Å². The Hall–Kier alpha value is -1.07. The normalized spacial score (nSPS) is 15.4. The van der Waals surface area contributed by atoms with Gasteiger partial charge in [-0.15, -0.1) is 0 Å². The maximum atomic E-state index is 11.8. The first-order chi connectivity index (χ1) is 8.41. The molecule has 6 heteroatoms. The maximum Gasteiger partial charge on any atom is 0.261 e. The summed E-state index contributed by atoms with van der Waals surface area (Å²) in [6.45, 7) is 1.84. The van der Waals surface area contributed by atoms with Crippen molar-refractivity contribution in [2.45, 2.75) is 37.1 Å². The van der Waals surface area contributed by atoms with Crippen LogP contribution in [0.5, 0.6) is 0 Å². The summed E-state index contributed by atoms with van der Waals surface area (Å²) < 4.78 is 22.9. The first-order valence-electron chi connectivity index (χ1n) is 5.80. The zero-order valence-corrected chi connectivity index (χ0v) is 11.5. The van der Waals surface area contributed by atoms with Crippen LogP contribution >= 0.6 is 10.7 Å². The van der Waals surface area contributed by atoms with Gasteiger partial charge in [-0.2, -0.15) is 0 Å². The summed E-state index contributed by atoms with van der Waals surface area (Å²) in [4.78, 5) is 11.8. The molecule has 0 aliphatic heterocycles. The summed E-state index contributed by atoms with van der Waals surface area (Å²) in [6, 6.07) is 4.84. The molecule has 18 heavy (non-hydrogen) atoms. The highest BCUT2D eigenvalue weighted by Gasteiger charge is 2.25. The Kier molecular flexibility index (Phi) is 3.64. The number of rotatable bonds is 4. The van der Waals surface area contributed by atoms with Crippen molar-refractivity contribution in [1.82, 2.24) is 5.32 Å². The highest BCUT2D eigenvalue weighted by Crippen LogP contribution is 2.23. The van der Waals surface area contributed by atoms with Crippen LogP contribution in [0.2, 0.25) is 0 Å². The highest BCUT2D eigenvalue weighted by molar-refractivity contribution is 8.13. The molecular weight excluding hydrogens is 274 g/mol. The molecule has 0 atom stereocenters. The number of nitrogens with one attached hydrogen (secondary N) is 1. The minimum absolute atomic E-state index is 0.0233. The molecular formula is C12H14ClNO3S. The van der Waals surface area contributed by atoms with Gasteiger partial charge in [0.05, 0.1) is 4.90 Å². The number of halogens is 1. The molecule has 1 aliphatic rings. The van der Waals surface area contributed by atoms with E-state index in [1.807, 2.05) is 6.92 Å². The summed E-state index contributed by atoms with van der Waals surface area (Å²) in [5.41, 5.74) is 0.950. The van der Waals surface area contributed by atoms with Crippen LogP contribution in [-0.2, 0) is 15.5 Å². The van der Waals surface area contributed by atoms with Crippen LogP contribution in [-0.4, -0.2) is 20.4 Å². The van der Waals surface area contributed by atoms with Crippen molar-refractivity contribution in [2.75, 3.05) is 0 Å². The van der Waals surface area contributed by atoms with E-state index in [2.05, 4.69) is 5.32 Å². The van der Waals surface area contributed by atoms with Gasteiger partial charge in [-0.05, 0) is 37.0 Å². The average molecular weight is 288 g/mol. The van der Waals surface area contributed by atoms with Gasteiger partial charge < -0.3 is 5.32 Å². The third kappa shape index (κ3) is 3.03. The summed E-state index contributed by atoms with van der Waals surface area (Å²) in [5, 5.41) is 2.81. The van der Waals surface area contributed by atoms with Crippen LogP contribution in [0.25, 0.3) is 0 Å². The van der Waals surface area contributed by atoms with Crippen molar-refractivity contribution >= 4 is 25.6 Å². The van der Waals surface area contributed by atoms with E-state index in [9.17, 15) is 13.2 Å². The number of benzene rings is 1. The van der Waals surface area contributed by atoms with Gasteiger partial charge in [0.1, 0.15) is 0 Å². The molecule has 1 aromatic rings. The van der Waals surface area contributed by atoms with E-state index >= 15 is 0 Å². The van der Waals surface area contributed by atoms with E-state index in [0.717, 1.165) is 12.8 Å². The van der Waals surface area contributed by atoms with Gasteiger partial charge in [0.25, 0.3) is 15.0 Å². The Morgan fingerprint density at radius 3 is 2.61 bits per heavy atom. The van der Waals surface area contributed by atoms with Gasteiger partial charge >= 0.3 is 0 Å². The molecule has 0 saturated heterocycles. The van der Waals surface area contributed by atoms with E-state index in [1.165, 1.54) is 6.07 Å². The first-order valence-corrected chi connectivity index (χ1v) is 8.11. The Morgan fingerprint density at radius 2 is 2.11 bits per heavy atom. The molecule has 0 spiro atoms. The van der Waals surface area contributed by atoms with Crippen LogP contribution in [0.4, 0.5) is 0 Å². The lowest BCUT2D eigenvalue weighted by molar-refractivity contribution is 0.0951. The highest BCUT2D eigenvalue weighted by atomic mass is 35.7. The maximum absolute atomic E-state index is 11.8. The van der Waals surface area contributed by atoms with Gasteiger partial charge in [-0.3, -0.25) is 4.79 Å². The largest absolute Gasteiger partial charge is 0.349 e. The molecule has 2 rings (SSSR count). The quantitative estimate of drug-likeness (QED) is 0.862. The minimum atomic E-state index is -3.82. The molecule has 1 amide bonds. The van der Waals surface area contributed by atoms with Crippen molar-refractivity contribution in [3.8, 4) is 0 Å². The van der Waals surface area contributed by atoms with E-state index in [-0.39, 0.29) is 16.8 Å². The fourth-order valence-corrected chi connectivity index (χ4v) is 2.94. The summed E-state index contributed by atoms with van der Waals surface area (Å²) in [5.74, 6) is -0.248. The second-order valence-corrected chi connectivity index (χ2v) is 6.90. The van der Waals surface area contributed by atoms with Gasteiger partial charge in [0.15, 0.2) is 0 Å². The van der Waals surface area contributed by atoms with Crippen molar-refractivity contribution in [3.05, 3.63) is 29.3 Å². The van der Waals surface area contributed by atoms with Crippen molar-refractivity contribution in [2.24, 2.45) is 0 Å². The van der Waals surface area contributed by atoms with Crippen LogP contribution in [0.1, 0.15) is 35.7 Å². The number of carbonyl (C=O) groups is 1. The van der Waals surface area contributed by atoms with Crippen LogP contribution in [0, 0.1) is 0 Å². The molecule has 1 N–H and O–H groups in total. The predicted molar refractivity (Wildman–Crippen MR) is 69.3 cm³/mol. The fourth-order valence-electron chi connectivity index (χ4n) is 1.71. The lowest BCUT2D eigenvalue weighted by atomic mass is 10.1. The topological polar surface area (TPSA) is 63.2 Å². The molecule has 0 bridgehead atoms. The number of aryl methyl sites for hydroxylation is 1. The molecule has 0 heterocycles. The zero-order chi connectivity index (χ0) is 13.3. The Bertz CT molecular complexity index is 579. The van der Waals surface area contributed by atoms with Crippen molar-refractivity contribution < 1.29 is 13.2 Å². The van der Waals surface area contributed by atoms with E-state index in [4.69, 9.17) is 10.7 Å². The third-order valence-corrected chi connectivity index (χ3v) is 4.29. The van der Waals surface area contributed by atoms with Gasteiger partial charge in [0, 0.05) is 22.3 Å². The molecule has 4 nitrogen and oxygen atoms in total. The van der Waals surface area contributed by atoms with E-state index < -0.39 is 9.05 Å². The number of carbonyl (C=O) groups excluding carboxylic acids is 1. The SMILES string of the molecule is CCc1ccc(C(=O)NC2CC2)cc1S(=O)(=O)Cl.